The van der Waals surface area contributed by atoms with Crippen LogP contribution in [0.5, 0.6) is 5.75 Å². The summed E-state index contributed by atoms with van der Waals surface area (Å²) in [4.78, 5) is 8.19. The van der Waals surface area contributed by atoms with Gasteiger partial charge in [0.1, 0.15) is 11.0 Å². The summed E-state index contributed by atoms with van der Waals surface area (Å²) in [7, 11) is 1.58. The number of aromatic nitrogens is 3. The van der Waals surface area contributed by atoms with E-state index in [1.165, 1.54) is 0 Å². The second-order valence-corrected chi connectivity index (χ2v) is 3.20. The first-order chi connectivity index (χ1) is 6.77. The van der Waals surface area contributed by atoms with E-state index < -0.39 is 0 Å². The lowest BCUT2D eigenvalue weighted by Gasteiger charge is -2.06. The molecule has 14 heavy (non-hydrogen) atoms. The van der Waals surface area contributed by atoms with E-state index in [1.54, 1.807) is 19.6 Å². The number of methoxy groups -OCH3 is 1. The van der Waals surface area contributed by atoms with Crippen LogP contribution in [0.2, 0.25) is 5.15 Å². The maximum absolute atomic E-state index is 5.91. The summed E-state index contributed by atoms with van der Waals surface area (Å²) < 4.78 is 7.18. The van der Waals surface area contributed by atoms with Crippen LogP contribution in [0.15, 0.2) is 12.5 Å². The molecule has 0 saturated heterocycles. The molecule has 0 spiro atoms. The van der Waals surface area contributed by atoms with E-state index in [0.29, 0.717) is 10.9 Å². The number of rotatable bonds is 2. The molecule has 5 heteroatoms. The Morgan fingerprint density at radius 3 is 2.93 bits per heavy atom. The highest BCUT2D eigenvalue weighted by molar-refractivity contribution is 6.31. The van der Waals surface area contributed by atoms with E-state index in [-0.39, 0.29) is 0 Å². The molecule has 2 heterocycles. The summed E-state index contributed by atoms with van der Waals surface area (Å²) in [5.74, 6) is 0.587. The van der Waals surface area contributed by atoms with Crippen LogP contribution in [0.25, 0.3) is 11.0 Å². The maximum Gasteiger partial charge on any atom is 0.182 e. The van der Waals surface area contributed by atoms with Crippen molar-refractivity contribution in [1.29, 1.82) is 0 Å². The summed E-state index contributed by atoms with van der Waals surface area (Å²) in [5.41, 5.74) is 1.70. The van der Waals surface area contributed by atoms with E-state index in [0.717, 1.165) is 17.6 Å². The van der Waals surface area contributed by atoms with Crippen molar-refractivity contribution in [2.24, 2.45) is 0 Å². The van der Waals surface area contributed by atoms with Gasteiger partial charge in [-0.15, -0.1) is 0 Å². The Morgan fingerprint density at radius 1 is 1.50 bits per heavy atom. The fraction of sp³-hybridized carbons (Fsp3) is 0.333. The number of pyridine rings is 1. The second-order valence-electron chi connectivity index (χ2n) is 2.85. The molecular weight excluding hydrogens is 202 g/mol. The summed E-state index contributed by atoms with van der Waals surface area (Å²) in [6, 6.07) is 0. The Kier molecular flexibility index (Phi) is 2.29. The van der Waals surface area contributed by atoms with Crippen molar-refractivity contribution in [3.8, 4) is 5.75 Å². The van der Waals surface area contributed by atoms with Crippen LogP contribution in [0, 0.1) is 0 Å². The lowest BCUT2D eigenvalue weighted by atomic mass is 10.4. The summed E-state index contributed by atoms with van der Waals surface area (Å²) >= 11 is 5.91. The van der Waals surface area contributed by atoms with Gasteiger partial charge in [-0.05, 0) is 6.92 Å². The highest BCUT2D eigenvalue weighted by Crippen LogP contribution is 2.30. The first-order valence-electron chi connectivity index (χ1n) is 4.31. The number of hydrogen-bond acceptors (Lipinski definition) is 3. The molecule has 0 atom stereocenters. The van der Waals surface area contributed by atoms with Crippen molar-refractivity contribution in [2.45, 2.75) is 13.5 Å². The van der Waals surface area contributed by atoms with Gasteiger partial charge in [-0.3, -0.25) is 0 Å². The summed E-state index contributed by atoms with van der Waals surface area (Å²) in [6.45, 7) is 2.86. The first-order valence-corrected chi connectivity index (χ1v) is 4.69. The predicted molar refractivity (Wildman–Crippen MR) is 54.8 cm³/mol. The highest BCUT2D eigenvalue weighted by Gasteiger charge is 2.12. The minimum atomic E-state index is 0.371. The number of aryl methyl sites for hydroxylation is 1. The molecule has 0 amide bonds. The Morgan fingerprint density at radius 2 is 2.29 bits per heavy atom. The normalized spacial score (nSPS) is 10.8. The van der Waals surface area contributed by atoms with Crippen LogP contribution >= 0.6 is 11.6 Å². The molecule has 2 rings (SSSR count). The van der Waals surface area contributed by atoms with Gasteiger partial charge in [0, 0.05) is 6.54 Å². The first kappa shape index (κ1) is 9.27. The minimum Gasteiger partial charge on any atom is -0.491 e. The van der Waals surface area contributed by atoms with Crippen LogP contribution in [-0.4, -0.2) is 21.6 Å². The van der Waals surface area contributed by atoms with Gasteiger partial charge in [-0.25, -0.2) is 9.97 Å². The monoisotopic (exact) mass is 211 g/mol. The van der Waals surface area contributed by atoms with E-state index in [2.05, 4.69) is 9.97 Å². The fourth-order valence-electron chi connectivity index (χ4n) is 1.43. The van der Waals surface area contributed by atoms with Gasteiger partial charge < -0.3 is 9.30 Å². The standard InChI is InChI=1S/C9H10ClN3O/c1-3-13-5-12-6-4-11-9(10)8(14-2)7(6)13/h4-5H,3H2,1-2H3. The van der Waals surface area contributed by atoms with Crippen LogP contribution < -0.4 is 4.74 Å². The third kappa shape index (κ3) is 1.23. The third-order valence-corrected chi connectivity index (χ3v) is 2.38. The van der Waals surface area contributed by atoms with Crippen molar-refractivity contribution in [2.75, 3.05) is 7.11 Å². The molecule has 0 N–H and O–H groups in total. The van der Waals surface area contributed by atoms with Crippen LogP contribution in [0.4, 0.5) is 0 Å². The van der Waals surface area contributed by atoms with Crippen molar-refractivity contribution in [3.63, 3.8) is 0 Å². The van der Waals surface area contributed by atoms with Gasteiger partial charge in [0.15, 0.2) is 10.9 Å². The molecule has 2 aromatic rings. The van der Waals surface area contributed by atoms with Crippen molar-refractivity contribution >= 4 is 22.6 Å². The fourth-order valence-corrected chi connectivity index (χ4v) is 1.65. The molecule has 0 aromatic carbocycles. The second kappa shape index (κ2) is 3.46. The van der Waals surface area contributed by atoms with E-state index in [9.17, 15) is 0 Å². The number of ether oxygens (including phenoxy) is 1. The SMILES string of the molecule is CCn1cnc2cnc(Cl)c(OC)c21. The largest absolute Gasteiger partial charge is 0.491 e. The Labute approximate surface area is 86.5 Å². The molecule has 0 fully saturated rings. The van der Waals surface area contributed by atoms with Gasteiger partial charge in [0.2, 0.25) is 0 Å². The third-order valence-electron chi connectivity index (χ3n) is 2.11. The zero-order valence-electron chi connectivity index (χ0n) is 7.99. The molecule has 0 saturated carbocycles. The lowest BCUT2D eigenvalue weighted by Crippen LogP contribution is -1.95. The van der Waals surface area contributed by atoms with E-state index in [1.807, 2.05) is 11.5 Å². The number of halogens is 1. The topological polar surface area (TPSA) is 39.9 Å². The van der Waals surface area contributed by atoms with Crippen molar-refractivity contribution in [1.82, 2.24) is 14.5 Å². The van der Waals surface area contributed by atoms with E-state index >= 15 is 0 Å². The van der Waals surface area contributed by atoms with Gasteiger partial charge >= 0.3 is 0 Å². The lowest BCUT2D eigenvalue weighted by molar-refractivity contribution is 0.416. The summed E-state index contributed by atoms with van der Waals surface area (Å²) in [6.07, 6.45) is 3.40. The van der Waals surface area contributed by atoms with Crippen molar-refractivity contribution in [3.05, 3.63) is 17.7 Å². The Balaban J connectivity index is 2.81. The zero-order chi connectivity index (χ0) is 10.1. The van der Waals surface area contributed by atoms with Gasteiger partial charge in [-0.2, -0.15) is 0 Å². The quantitative estimate of drug-likeness (QED) is 0.715. The van der Waals surface area contributed by atoms with E-state index in [4.69, 9.17) is 16.3 Å². The van der Waals surface area contributed by atoms with Gasteiger partial charge in [0.25, 0.3) is 0 Å². The molecular formula is C9H10ClN3O. The molecule has 74 valence electrons. The minimum absolute atomic E-state index is 0.371. The van der Waals surface area contributed by atoms with Crippen LogP contribution in [0.1, 0.15) is 6.92 Å². The number of nitrogens with zero attached hydrogens (tertiary/aromatic N) is 3. The molecule has 0 bridgehead atoms. The smallest absolute Gasteiger partial charge is 0.182 e. The zero-order valence-corrected chi connectivity index (χ0v) is 8.75. The Hall–Kier alpha value is -1.29. The molecule has 4 nitrogen and oxygen atoms in total. The van der Waals surface area contributed by atoms with Gasteiger partial charge in [-0.1, -0.05) is 11.6 Å². The van der Waals surface area contributed by atoms with Crippen LogP contribution in [0.3, 0.4) is 0 Å². The molecule has 2 aromatic heterocycles. The Bertz CT molecular complexity index is 466. The average Bonchev–Trinajstić information content (AvgIpc) is 2.61. The number of imidazole rings is 1. The highest BCUT2D eigenvalue weighted by atomic mass is 35.5. The molecule has 0 aliphatic heterocycles. The van der Waals surface area contributed by atoms with Gasteiger partial charge in [0.05, 0.1) is 19.6 Å². The number of fused-ring (bicyclic) bond motifs is 1. The van der Waals surface area contributed by atoms with Crippen molar-refractivity contribution < 1.29 is 4.74 Å². The maximum atomic E-state index is 5.91. The molecule has 0 aliphatic rings. The van der Waals surface area contributed by atoms with Crippen LogP contribution in [-0.2, 0) is 6.54 Å². The molecule has 0 unspecified atom stereocenters. The average molecular weight is 212 g/mol. The number of hydrogen-bond donors (Lipinski definition) is 0. The molecule has 0 radical (unpaired) electrons. The predicted octanol–water partition coefficient (Wildman–Crippen LogP) is 2.11. The summed E-state index contributed by atoms with van der Waals surface area (Å²) in [5, 5.41) is 0.371. The molecule has 0 aliphatic carbocycles.